The zero-order chi connectivity index (χ0) is 15.9. The van der Waals surface area contributed by atoms with E-state index in [0.29, 0.717) is 6.04 Å². The quantitative estimate of drug-likeness (QED) is 0.725. The number of hydrogen-bond acceptors (Lipinski definition) is 4. The van der Waals surface area contributed by atoms with Crippen molar-refractivity contribution in [3.63, 3.8) is 0 Å². The highest BCUT2D eigenvalue weighted by atomic mass is 32.2. The van der Waals surface area contributed by atoms with Crippen LogP contribution in [0.5, 0.6) is 0 Å². The standard InChI is InChI=1S/C15H26N2O3S/c1-12(2)16-10-9-14-5-7-15(8-6-14)21(18,19)17-11-13(3)20-4/h5-8,12-13,16-17H,9-11H2,1-4H3. The Labute approximate surface area is 128 Å². The molecule has 5 nitrogen and oxygen atoms in total. The van der Waals surface area contributed by atoms with Crippen LogP contribution in [0.15, 0.2) is 29.2 Å². The van der Waals surface area contributed by atoms with Gasteiger partial charge in [0.25, 0.3) is 0 Å². The first-order valence-electron chi connectivity index (χ1n) is 7.20. The summed E-state index contributed by atoms with van der Waals surface area (Å²) in [6.45, 7) is 7.16. The van der Waals surface area contributed by atoms with E-state index in [1.165, 1.54) is 0 Å². The number of hydrogen-bond donors (Lipinski definition) is 2. The Hall–Kier alpha value is -0.950. The minimum Gasteiger partial charge on any atom is -0.380 e. The predicted octanol–water partition coefficient (Wildman–Crippen LogP) is 1.54. The predicted molar refractivity (Wildman–Crippen MR) is 84.9 cm³/mol. The number of methoxy groups -OCH3 is 1. The van der Waals surface area contributed by atoms with E-state index in [0.717, 1.165) is 18.5 Å². The van der Waals surface area contributed by atoms with Crippen molar-refractivity contribution in [3.05, 3.63) is 29.8 Å². The topological polar surface area (TPSA) is 67.4 Å². The number of rotatable bonds is 9. The third-order valence-corrected chi connectivity index (χ3v) is 4.60. The van der Waals surface area contributed by atoms with Crippen LogP contribution >= 0.6 is 0 Å². The van der Waals surface area contributed by atoms with E-state index in [4.69, 9.17) is 4.74 Å². The van der Waals surface area contributed by atoms with E-state index in [-0.39, 0.29) is 17.5 Å². The highest BCUT2D eigenvalue weighted by Crippen LogP contribution is 2.11. The van der Waals surface area contributed by atoms with Crippen LogP contribution in [0.25, 0.3) is 0 Å². The van der Waals surface area contributed by atoms with E-state index >= 15 is 0 Å². The molecule has 0 heterocycles. The lowest BCUT2D eigenvalue weighted by molar-refractivity contribution is 0.122. The third kappa shape index (κ3) is 6.56. The van der Waals surface area contributed by atoms with Crippen LogP contribution in [0, 0.1) is 0 Å². The van der Waals surface area contributed by atoms with Crippen molar-refractivity contribution >= 4 is 10.0 Å². The van der Waals surface area contributed by atoms with Gasteiger partial charge in [-0.15, -0.1) is 0 Å². The molecule has 6 heteroatoms. The molecule has 0 radical (unpaired) electrons. The summed E-state index contributed by atoms with van der Waals surface area (Å²) < 4.78 is 31.7. The zero-order valence-corrected chi connectivity index (χ0v) is 14.0. The van der Waals surface area contributed by atoms with Gasteiger partial charge in [0.1, 0.15) is 0 Å². The average Bonchev–Trinajstić information content (AvgIpc) is 2.45. The lowest BCUT2D eigenvalue weighted by Gasteiger charge is -2.12. The molecule has 0 amide bonds. The van der Waals surface area contributed by atoms with Gasteiger partial charge in [-0.25, -0.2) is 13.1 Å². The number of benzene rings is 1. The molecule has 1 rings (SSSR count). The fourth-order valence-electron chi connectivity index (χ4n) is 1.73. The minimum atomic E-state index is -3.46. The van der Waals surface area contributed by atoms with Gasteiger partial charge in [0.2, 0.25) is 10.0 Å². The van der Waals surface area contributed by atoms with Gasteiger partial charge in [0.15, 0.2) is 0 Å². The van der Waals surface area contributed by atoms with Crippen molar-refractivity contribution in [2.75, 3.05) is 20.2 Å². The Kier molecular flexibility index (Phi) is 7.31. The molecule has 0 saturated heterocycles. The summed E-state index contributed by atoms with van der Waals surface area (Å²) in [5.41, 5.74) is 1.12. The monoisotopic (exact) mass is 314 g/mol. The molecule has 0 aliphatic heterocycles. The number of ether oxygens (including phenoxy) is 1. The van der Waals surface area contributed by atoms with Crippen LogP contribution in [0.4, 0.5) is 0 Å². The molecule has 1 atom stereocenters. The van der Waals surface area contributed by atoms with Crippen molar-refractivity contribution in [3.8, 4) is 0 Å². The second kappa shape index (κ2) is 8.48. The molecule has 0 aliphatic carbocycles. The molecular weight excluding hydrogens is 288 g/mol. The second-order valence-corrected chi connectivity index (χ2v) is 7.17. The Balaban J connectivity index is 2.60. The first-order chi connectivity index (χ1) is 9.85. The maximum absolute atomic E-state index is 12.1. The third-order valence-electron chi connectivity index (χ3n) is 3.16. The fraction of sp³-hybridized carbons (Fsp3) is 0.600. The molecule has 0 aliphatic rings. The van der Waals surface area contributed by atoms with Crippen LogP contribution in [0.1, 0.15) is 26.3 Å². The van der Waals surface area contributed by atoms with E-state index in [1.807, 2.05) is 19.1 Å². The van der Waals surface area contributed by atoms with Crippen LogP contribution in [-0.2, 0) is 21.2 Å². The highest BCUT2D eigenvalue weighted by Gasteiger charge is 2.14. The maximum atomic E-state index is 12.1. The molecule has 120 valence electrons. The summed E-state index contributed by atoms with van der Waals surface area (Å²) in [5.74, 6) is 0. The summed E-state index contributed by atoms with van der Waals surface area (Å²) in [4.78, 5) is 0.284. The average molecular weight is 314 g/mol. The van der Waals surface area contributed by atoms with Crippen molar-refractivity contribution < 1.29 is 13.2 Å². The van der Waals surface area contributed by atoms with Crippen molar-refractivity contribution in [2.24, 2.45) is 0 Å². The molecule has 1 unspecified atom stereocenters. The molecule has 0 saturated carbocycles. The van der Waals surface area contributed by atoms with Crippen molar-refractivity contribution in [1.82, 2.24) is 10.0 Å². The lowest BCUT2D eigenvalue weighted by Crippen LogP contribution is -2.31. The molecule has 0 fully saturated rings. The van der Waals surface area contributed by atoms with Crippen LogP contribution < -0.4 is 10.0 Å². The molecule has 21 heavy (non-hydrogen) atoms. The second-order valence-electron chi connectivity index (χ2n) is 5.40. The molecule has 0 spiro atoms. The van der Waals surface area contributed by atoms with Gasteiger partial charge in [0, 0.05) is 19.7 Å². The minimum absolute atomic E-state index is 0.152. The number of sulfonamides is 1. The summed E-state index contributed by atoms with van der Waals surface area (Å²) in [6, 6.07) is 7.46. The van der Waals surface area contributed by atoms with Gasteiger partial charge >= 0.3 is 0 Å². The van der Waals surface area contributed by atoms with Crippen LogP contribution in [-0.4, -0.2) is 40.8 Å². The summed E-state index contributed by atoms with van der Waals surface area (Å²) in [6.07, 6.45) is 0.730. The van der Waals surface area contributed by atoms with Crippen LogP contribution in [0.2, 0.25) is 0 Å². The molecule has 0 aromatic heterocycles. The first kappa shape index (κ1) is 18.1. The van der Waals surface area contributed by atoms with E-state index in [9.17, 15) is 8.42 Å². The highest BCUT2D eigenvalue weighted by molar-refractivity contribution is 7.89. The lowest BCUT2D eigenvalue weighted by atomic mass is 10.1. The molecule has 0 bridgehead atoms. The first-order valence-corrected chi connectivity index (χ1v) is 8.68. The number of nitrogens with one attached hydrogen (secondary N) is 2. The van der Waals surface area contributed by atoms with Crippen molar-refractivity contribution in [1.29, 1.82) is 0 Å². The molecular formula is C15H26N2O3S. The van der Waals surface area contributed by atoms with E-state index in [2.05, 4.69) is 23.9 Å². The van der Waals surface area contributed by atoms with E-state index in [1.54, 1.807) is 19.2 Å². The van der Waals surface area contributed by atoms with Gasteiger partial charge in [-0.3, -0.25) is 0 Å². The normalized spacial score (nSPS) is 13.6. The largest absolute Gasteiger partial charge is 0.380 e. The molecule has 2 N–H and O–H groups in total. The van der Waals surface area contributed by atoms with E-state index < -0.39 is 10.0 Å². The Morgan fingerprint density at radius 1 is 1.14 bits per heavy atom. The molecule has 1 aromatic carbocycles. The Bertz CT molecular complexity index is 512. The SMILES string of the molecule is COC(C)CNS(=O)(=O)c1ccc(CCNC(C)C)cc1. The molecule has 1 aromatic rings. The van der Waals surface area contributed by atoms with Gasteiger partial charge in [-0.1, -0.05) is 26.0 Å². The van der Waals surface area contributed by atoms with Crippen molar-refractivity contribution in [2.45, 2.75) is 44.2 Å². The summed E-state index contributed by atoms with van der Waals surface area (Å²) in [5, 5.41) is 3.33. The smallest absolute Gasteiger partial charge is 0.240 e. The Morgan fingerprint density at radius 3 is 2.29 bits per heavy atom. The maximum Gasteiger partial charge on any atom is 0.240 e. The Morgan fingerprint density at radius 2 is 1.76 bits per heavy atom. The summed E-state index contributed by atoms with van der Waals surface area (Å²) in [7, 11) is -1.91. The summed E-state index contributed by atoms with van der Waals surface area (Å²) >= 11 is 0. The zero-order valence-electron chi connectivity index (χ0n) is 13.2. The van der Waals surface area contributed by atoms with Gasteiger partial charge in [-0.2, -0.15) is 0 Å². The van der Waals surface area contributed by atoms with Gasteiger partial charge in [0.05, 0.1) is 11.0 Å². The fourth-order valence-corrected chi connectivity index (χ4v) is 2.85. The van der Waals surface area contributed by atoms with Gasteiger partial charge < -0.3 is 10.1 Å². The van der Waals surface area contributed by atoms with Crippen LogP contribution in [0.3, 0.4) is 0 Å². The van der Waals surface area contributed by atoms with Gasteiger partial charge in [-0.05, 0) is 37.6 Å².